The molecule has 0 saturated carbocycles. The molecule has 0 amide bonds. The van der Waals surface area contributed by atoms with Gasteiger partial charge in [0.1, 0.15) is 12.2 Å². The summed E-state index contributed by atoms with van der Waals surface area (Å²) in [5.74, 6) is 0. The van der Waals surface area contributed by atoms with E-state index in [4.69, 9.17) is 19.3 Å². The standard InChI is InChI=1S/C6H10O4.C3H8/c7-1-5-6(10-5)9-3-4-2-8-4;1-3-2/h4-7H,1-3H2;3H2,1-2H3. The third-order valence-electron chi connectivity index (χ3n) is 1.56. The zero-order valence-electron chi connectivity index (χ0n) is 8.23. The van der Waals surface area contributed by atoms with Crippen LogP contribution >= 0.6 is 0 Å². The highest BCUT2D eigenvalue weighted by Gasteiger charge is 2.40. The van der Waals surface area contributed by atoms with Gasteiger partial charge in [-0.25, -0.2) is 0 Å². The van der Waals surface area contributed by atoms with Crippen LogP contribution in [-0.2, 0) is 14.2 Å². The minimum absolute atomic E-state index is 0.0518. The largest absolute Gasteiger partial charge is 0.393 e. The molecular formula is C9H18O4. The van der Waals surface area contributed by atoms with Crippen molar-refractivity contribution in [3.8, 4) is 0 Å². The number of aliphatic hydroxyl groups is 1. The fourth-order valence-electron chi connectivity index (χ4n) is 0.769. The van der Waals surface area contributed by atoms with Crippen molar-refractivity contribution in [2.75, 3.05) is 19.8 Å². The van der Waals surface area contributed by atoms with Gasteiger partial charge in [-0.2, -0.15) is 0 Å². The van der Waals surface area contributed by atoms with Crippen LogP contribution in [0.1, 0.15) is 20.3 Å². The SMILES string of the molecule is CCC.OCC1OC1OCC1CO1. The van der Waals surface area contributed by atoms with Crippen molar-refractivity contribution in [2.45, 2.75) is 38.8 Å². The van der Waals surface area contributed by atoms with Crippen LogP contribution in [0.3, 0.4) is 0 Å². The number of epoxide rings is 2. The van der Waals surface area contributed by atoms with E-state index >= 15 is 0 Å². The van der Waals surface area contributed by atoms with Gasteiger partial charge in [-0.15, -0.1) is 0 Å². The van der Waals surface area contributed by atoms with Gasteiger partial charge in [0.2, 0.25) is 0 Å². The summed E-state index contributed by atoms with van der Waals surface area (Å²) in [6.07, 6.45) is 1.27. The smallest absolute Gasteiger partial charge is 0.186 e. The Morgan fingerprint density at radius 1 is 1.46 bits per heavy atom. The molecule has 2 heterocycles. The van der Waals surface area contributed by atoms with Gasteiger partial charge in [0.25, 0.3) is 0 Å². The van der Waals surface area contributed by atoms with Crippen molar-refractivity contribution < 1.29 is 19.3 Å². The van der Waals surface area contributed by atoms with E-state index in [1.165, 1.54) is 6.42 Å². The molecule has 0 spiro atoms. The maximum Gasteiger partial charge on any atom is 0.186 e. The Labute approximate surface area is 78.8 Å². The van der Waals surface area contributed by atoms with Crippen LogP contribution in [0.2, 0.25) is 0 Å². The third-order valence-corrected chi connectivity index (χ3v) is 1.56. The van der Waals surface area contributed by atoms with E-state index in [2.05, 4.69) is 13.8 Å². The molecule has 1 N–H and O–H groups in total. The van der Waals surface area contributed by atoms with E-state index in [0.717, 1.165) is 6.61 Å². The number of rotatable bonds is 4. The molecule has 0 aromatic heterocycles. The van der Waals surface area contributed by atoms with Crippen LogP contribution in [0.15, 0.2) is 0 Å². The zero-order valence-corrected chi connectivity index (χ0v) is 8.23. The molecule has 2 saturated heterocycles. The fraction of sp³-hybridized carbons (Fsp3) is 1.00. The molecule has 3 atom stereocenters. The lowest BCUT2D eigenvalue weighted by atomic mass is 10.5. The van der Waals surface area contributed by atoms with E-state index in [9.17, 15) is 0 Å². The van der Waals surface area contributed by atoms with Crippen molar-refractivity contribution >= 4 is 0 Å². The van der Waals surface area contributed by atoms with Gasteiger partial charge < -0.3 is 19.3 Å². The maximum absolute atomic E-state index is 8.52. The molecule has 0 aliphatic carbocycles. The van der Waals surface area contributed by atoms with E-state index < -0.39 is 0 Å². The molecule has 0 bridgehead atoms. The zero-order chi connectivity index (χ0) is 9.68. The second kappa shape index (κ2) is 5.54. The van der Waals surface area contributed by atoms with Gasteiger partial charge in [0.15, 0.2) is 6.29 Å². The third kappa shape index (κ3) is 4.57. The highest BCUT2D eigenvalue weighted by molar-refractivity contribution is 4.77. The molecule has 13 heavy (non-hydrogen) atoms. The average molecular weight is 190 g/mol. The van der Waals surface area contributed by atoms with E-state index in [-0.39, 0.29) is 25.1 Å². The molecule has 3 unspecified atom stereocenters. The van der Waals surface area contributed by atoms with Crippen molar-refractivity contribution in [1.29, 1.82) is 0 Å². The average Bonchev–Trinajstić information content (AvgIpc) is 3.00. The van der Waals surface area contributed by atoms with E-state index in [1.54, 1.807) is 0 Å². The Morgan fingerprint density at radius 3 is 2.46 bits per heavy atom. The van der Waals surface area contributed by atoms with Crippen LogP contribution in [0, 0.1) is 0 Å². The molecule has 0 radical (unpaired) electrons. The summed E-state index contributed by atoms with van der Waals surface area (Å²) in [6.45, 7) is 5.70. The number of hydrogen-bond acceptors (Lipinski definition) is 4. The highest BCUT2D eigenvalue weighted by Crippen LogP contribution is 2.23. The summed E-state index contributed by atoms with van der Waals surface area (Å²) < 4.78 is 15.0. The predicted octanol–water partition coefficient (Wildman–Crippen LogP) is 0.535. The molecule has 4 heteroatoms. The topological polar surface area (TPSA) is 54.5 Å². The summed E-state index contributed by atoms with van der Waals surface area (Å²) in [5.41, 5.74) is 0. The fourth-order valence-corrected chi connectivity index (χ4v) is 0.769. The Hall–Kier alpha value is -0.160. The first-order valence-corrected chi connectivity index (χ1v) is 4.81. The molecule has 2 aliphatic heterocycles. The minimum Gasteiger partial charge on any atom is -0.393 e. The van der Waals surface area contributed by atoms with E-state index in [1.807, 2.05) is 0 Å². The molecule has 2 rings (SSSR count). The summed E-state index contributed by atoms with van der Waals surface area (Å²) in [6, 6.07) is 0. The Morgan fingerprint density at radius 2 is 2.08 bits per heavy atom. The molecule has 2 fully saturated rings. The number of hydrogen-bond donors (Lipinski definition) is 1. The molecule has 0 aromatic rings. The van der Waals surface area contributed by atoms with Gasteiger partial charge in [-0.3, -0.25) is 0 Å². The second-order valence-electron chi connectivity index (χ2n) is 3.22. The first kappa shape index (κ1) is 10.9. The summed E-state index contributed by atoms with van der Waals surface area (Å²) >= 11 is 0. The molecule has 0 aromatic carbocycles. The Bertz CT molecular complexity index is 136. The van der Waals surface area contributed by atoms with Crippen molar-refractivity contribution in [3.05, 3.63) is 0 Å². The quantitative estimate of drug-likeness (QED) is 0.657. The van der Waals surface area contributed by atoms with Gasteiger partial charge in [0.05, 0.1) is 19.8 Å². The van der Waals surface area contributed by atoms with Crippen LogP contribution in [-0.4, -0.2) is 43.4 Å². The molecule has 2 aliphatic rings. The van der Waals surface area contributed by atoms with Crippen LogP contribution in [0.25, 0.3) is 0 Å². The first-order chi connectivity index (χ1) is 6.31. The van der Waals surface area contributed by atoms with Crippen LogP contribution in [0.4, 0.5) is 0 Å². The van der Waals surface area contributed by atoms with Crippen molar-refractivity contribution in [1.82, 2.24) is 0 Å². The number of ether oxygens (including phenoxy) is 3. The van der Waals surface area contributed by atoms with Crippen molar-refractivity contribution in [2.24, 2.45) is 0 Å². The van der Waals surface area contributed by atoms with Gasteiger partial charge in [0, 0.05) is 0 Å². The maximum atomic E-state index is 8.52. The van der Waals surface area contributed by atoms with Gasteiger partial charge in [-0.05, 0) is 0 Å². The summed E-state index contributed by atoms with van der Waals surface area (Å²) in [7, 11) is 0. The lowest BCUT2D eigenvalue weighted by molar-refractivity contribution is 0.0405. The van der Waals surface area contributed by atoms with Crippen LogP contribution in [0.5, 0.6) is 0 Å². The molecular weight excluding hydrogens is 172 g/mol. The van der Waals surface area contributed by atoms with Gasteiger partial charge >= 0.3 is 0 Å². The van der Waals surface area contributed by atoms with E-state index in [0.29, 0.717) is 6.61 Å². The Kier molecular flexibility index (Phi) is 4.66. The molecule has 78 valence electrons. The summed E-state index contributed by atoms with van der Waals surface area (Å²) in [4.78, 5) is 0. The number of aliphatic hydroxyl groups excluding tert-OH is 1. The predicted molar refractivity (Wildman–Crippen MR) is 47.4 cm³/mol. The summed E-state index contributed by atoms with van der Waals surface area (Å²) in [5, 5.41) is 8.52. The van der Waals surface area contributed by atoms with Crippen molar-refractivity contribution in [3.63, 3.8) is 0 Å². The first-order valence-electron chi connectivity index (χ1n) is 4.81. The van der Waals surface area contributed by atoms with Crippen LogP contribution < -0.4 is 0 Å². The lowest BCUT2D eigenvalue weighted by Crippen LogP contribution is -2.08. The lowest BCUT2D eigenvalue weighted by Gasteiger charge is -1.93. The van der Waals surface area contributed by atoms with Gasteiger partial charge in [-0.1, -0.05) is 20.3 Å². The second-order valence-corrected chi connectivity index (χ2v) is 3.22. The molecule has 4 nitrogen and oxygen atoms in total. The normalized spacial score (nSPS) is 34.8. The minimum atomic E-state index is -0.172. The monoisotopic (exact) mass is 190 g/mol. The highest BCUT2D eigenvalue weighted by atomic mass is 16.8. The Balaban J connectivity index is 0.000000251.